The van der Waals surface area contributed by atoms with Crippen molar-refractivity contribution in [3.63, 3.8) is 0 Å². The Morgan fingerprint density at radius 3 is 2.64 bits per heavy atom. The summed E-state index contributed by atoms with van der Waals surface area (Å²) in [6.45, 7) is 0.145. The van der Waals surface area contributed by atoms with Gasteiger partial charge < -0.3 is 10.4 Å². The molecule has 0 atom stereocenters. The van der Waals surface area contributed by atoms with Gasteiger partial charge >= 0.3 is 0 Å². The van der Waals surface area contributed by atoms with Crippen molar-refractivity contribution in [1.29, 1.82) is 0 Å². The summed E-state index contributed by atoms with van der Waals surface area (Å²) in [7, 11) is 0. The molecule has 142 valence electrons. The van der Waals surface area contributed by atoms with Crippen LogP contribution in [0.3, 0.4) is 0 Å². The second-order valence-corrected chi connectivity index (χ2v) is 8.33. The van der Waals surface area contributed by atoms with Crippen molar-refractivity contribution in [1.82, 2.24) is 15.3 Å². The first-order valence-corrected chi connectivity index (χ1v) is 10.9. The van der Waals surface area contributed by atoms with E-state index in [0.717, 1.165) is 28.4 Å². The summed E-state index contributed by atoms with van der Waals surface area (Å²) < 4.78 is 0. The van der Waals surface area contributed by atoms with Gasteiger partial charge in [-0.25, -0.2) is 9.97 Å². The fourth-order valence-electron chi connectivity index (χ4n) is 2.86. The number of aromatic nitrogens is 2. The Kier molecular flexibility index (Phi) is 5.95. The Morgan fingerprint density at radius 2 is 1.82 bits per heavy atom. The normalized spacial score (nSPS) is 16.0. The highest BCUT2D eigenvalue weighted by Gasteiger charge is 2.15. The number of aliphatic hydroxyl groups is 1. The Hall–Kier alpha value is -2.35. The Labute approximate surface area is 171 Å². The topological polar surface area (TPSA) is 75.1 Å². The Morgan fingerprint density at radius 1 is 1.04 bits per heavy atom. The minimum Gasteiger partial charge on any atom is -0.395 e. The summed E-state index contributed by atoms with van der Waals surface area (Å²) in [6.07, 6.45) is 12.5. The molecule has 2 heterocycles. The van der Waals surface area contributed by atoms with Crippen LogP contribution in [0.4, 0.5) is 0 Å². The zero-order valence-electron chi connectivity index (χ0n) is 15.1. The van der Waals surface area contributed by atoms with Gasteiger partial charge in [-0.05, 0) is 36.4 Å². The summed E-state index contributed by atoms with van der Waals surface area (Å²) in [5.41, 5.74) is 3.94. The van der Waals surface area contributed by atoms with Gasteiger partial charge in [0.2, 0.25) is 0 Å². The van der Waals surface area contributed by atoms with Crippen molar-refractivity contribution in [2.75, 3.05) is 13.2 Å². The van der Waals surface area contributed by atoms with Gasteiger partial charge in [-0.1, -0.05) is 18.2 Å². The molecule has 0 unspecified atom stereocenters. The maximum atomic E-state index is 12.2. The Balaban J connectivity index is 1.67. The van der Waals surface area contributed by atoms with Gasteiger partial charge in [0.1, 0.15) is 0 Å². The number of carbonyl (C=O) groups excluding carboxylic acids is 1. The number of hydrogen-bond acceptors (Lipinski definition) is 6. The first-order chi connectivity index (χ1) is 13.7. The number of hydrogen-bond donors (Lipinski definition) is 2. The number of amides is 1. The Bertz CT molecular complexity index is 1040. The summed E-state index contributed by atoms with van der Waals surface area (Å²) in [4.78, 5) is 24.2. The van der Waals surface area contributed by atoms with Gasteiger partial charge in [-0.3, -0.25) is 4.79 Å². The van der Waals surface area contributed by atoms with Gasteiger partial charge in [0.15, 0.2) is 0 Å². The lowest BCUT2D eigenvalue weighted by atomic mass is 10.1. The molecule has 1 aromatic heterocycles. The first kappa shape index (κ1) is 19.0. The highest BCUT2D eigenvalue weighted by molar-refractivity contribution is 8.03. The van der Waals surface area contributed by atoms with Gasteiger partial charge in [0.05, 0.1) is 29.0 Å². The number of nitrogens with zero attached hydrogens (tertiary/aromatic N) is 2. The van der Waals surface area contributed by atoms with E-state index in [1.54, 1.807) is 35.7 Å². The molecule has 0 saturated carbocycles. The average molecular weight is 410 g/mol. The van der Waals surface area contributed by atoms with E-state index in [2.05, 4.69) is 23.5 Å². The molecule has 2 aromatic rings. The first-order valence-electron chi connectivity index (χ1n) is 8.94. The second kappa shape index (κ2) is 8.77. The monoisotopic (exact) mass is 409 g/mol. The number of fused-ring (bicyclic) bond motifs is 3. The molecule has 0 saturated heterocycles. The molecular weight excluding hydrogens is 390 g/mol. The lowest BCUT2D eigenvalue weighted by molar-refractivity contribution is 0.0945. The molecule has 1 amide bonds. The van der Waals surface area contributed by atoms with Crippen molar-refractivity contribution in [3.8, 4) is 0 Å². The summed E-state index contributed by atoms with van der Waals surface area (Å²) >= 11 is 3.49. The number of aliphatic hydroxyl groups excluding tert-OH is 1. The molecule has 2 N–H and O–H groups in total. The molecule has 2 bridgehead atoms. The van der Waals surface area contributed by atoms with Gasteiger partial charge in [0.25, 0.3) is 5.91 Å². The van der Waals surface area contributed by atoms with Crippen LogP contribution in [0.2, 0.25) is 0 Å². The summed E-state index contributed by atoms with van der Waals surface area (Å²) in [5, 5.41) is 11.5. The molecule has 0 spiro atoms. The fourth-order valence-corrected chi connectivity index (χ4v) is 4.77. The number of rotatable bonds is 3. The summed E-state index contributed by atoms with van der Waals surface area (Å²) in [5.74, 6) is 1.26. The summed E-state index contributed by atoms with van der Waals surface area (Å²) in [6, 6.07) is 5.34. The van der Waals surface area contributed by atoms with Crippen molar-refractivity contribution in [2.24, 2.45) is 0 Å². The molecule has 4 rings (SSSR count). The van der Waals surface area contributed by atoms with E-state index in [-0.39, 0.29) is 19.1 Å². The van der Waals surface area contributed by atoms with Gasteiger partial charge in [-0.2, -0.15) is 0 Å². The van der Waals surface area contributed by atoms with E-state index >= 15 is 0 Å². The molecular formula is C21H19N3O2S2. The zero-order chi connectivity index (χ0) is 19.3. The van der Waals surface area contributed by atoms with Crippen LogP contribution in [-0.2, 0) is 11.5 Å². The maximum Gasteiger partial charge on any atom is 0.251 e. The number of thioether (sulfide) groups is 2. The van der Waals surface area contributed by atoms with Crippen LogP contribution < -0.4 is 5.32 Å². The van der Waals surface area contributed by atoms with Crippen molar-refractivity contribution >= 4 is 40.5 Å². The van der Waals surface area contributed by atoms with E-state index < -0.39 is 0 Å². The number of nitrogens with one attached hydrogen (secondary N) is 1. The minimum absolute atomic E-state index is 0.0855. The van der Waals surface area contributed by atoms with Crippen LogP contribution in [0.5, 0.6) is 0 Å². The highest BCUT2D eigenvalue weighted by atomic mass is 32.2. The van der Waals surface area contributed by atoms with E-state index in [4.69, 9.17) is 15.1 Å². The lowest BCUT2D eigenvalue weighted by Gasteiger charge is -2.10. The fraction of sp³-hybridized carbons (Fsp3) is 0.190. The molecule has 0 radical (unpaired) electrons. The van der Waals surface area contributed by atoms with Gasteiger partial charge in [-0.15, -0.1) is 23.5 Å². The van der Waals surface area contributed by atoms with E-state index in [9.17, 15) is 4.79 Å². The van der Waals surface area contributed by atoms with Crippen LogP contribution in [0, 0.1) is 0 Å². The molecule has 1 aromatic carbocycles. The van der Waals surface area contributed by atoms with Crippen LogP contribution >= 0.6 is 23.5 Å². The third-order valence-corrected chi connectivity index (χ3v) is 6.27. The average Bonchev–Trinajstić information content (AvgIpc) is 2.78. The SMILES string of the molecule is O=C(NCCO)c1ccc2nc3c(nc2c1)CSC1=CC=CC=CC(=C1)SC3. The van der Waals surface area contributed by atoms with E-state index in [0.29, 0.717) is 11.1 Å². The largest absolute Gasteiger partial charge is 0.395 e. The van der Waals surface area contributed by atoms with Crippen LogP contribution in [-0.4, -0.2) is 34.1 Å². The smallest absolute Gasteiger partial charge is 0.251 e. The molecule has 7 heteroatoms. The predicted molar refractivity (Wildman–Crippen MR) is 116 cm³/mol. The van der Waals surface area contributed by atoms with Crippen molar-refractivity contribution in [3.05, 3.63) is 81.4 Å². The molecule has 0 fully saturated rings. The van der Waals surface area contributed by atoms with Crippen molar-refractivity contribution < 1.29 is 9.90 Å². The quantitative estimate of drug-likeness (QED) is 0.805. The van der Waals surface area contributed by atoms with Crippen LogP contribution in [0.25, 0.3) is 11.0 Å². The number of allylic oxidation sites excluding steroid dienone is 6. The molecule has 28 heavy (non-hydrogen) atoms. The number of carbonyl (C=O) groups is 1. The second-order valence-electron chi connectivity index (χ2n) is 6.24. The van der Waals surface area contributed by atoms with E-state index in [1.807, 2.05) is 24.3 Å². The molecule has 1 aliphatic carbocycles. The number of benzene rings is 1. The van der Waals surface area contributed by atoms with Crippen LogP contribution in [0.15, 0.2) is 64.5 Å². The highest BCUT2D eigenvalue weighted by Crippen LogP contribution is 2.34. The van der Waals surface area contributed by atoms with Gasteiger partial charge in [0, 0.05) is 33.4 Å². The minimum atomic E-state index is -0.220. The predicted octanol–water partition coefficient (Wildman–Crippen LogP) is 3.73. The maximum absolute atomic E-state index is 12.2. The third kappa shape index (κ3) is 4.38. The van der Waals surface area contributed by atoms with E-state index in [1.165, 1.54) is 9.81 Å². The van der Waals surface area contributed by atoms with Crippen LogP contribution in [0.1, 0.15) is 21.7 Å². The standard InChI is InChI=1S/C21H19N3O2S2/c25-9-8-22-21(26)14-6-7-17-18(10-14)24-20-13-28-16-5-3-1-2-4-15(11-16)27-12-19(20)23-17/h1-7,10-11,25H,8-9,12-13H2,(H,22,26). The lowest BCUT2D eigenvalue weighted by Crippen LogP contribution is -2.26. The zero-order valence-corrected chi connectivity index (χ0v) is 16.7. The van der Waals surface area contributed by atoms with Crippen molar-refractivity contribution in [2.45, 2.75) is 11.5 Å². The molecule has 5 nitrogen and oxygen atoms in total. The third-order valence-electron chi connectivity index (χ3n) is 4.26. The molecule has 2 aliphatic rings. The molecule has 1 aliphatic heterocycles.